The molecule has 1 heterocycles. The molecule has 0 aliphatic rings. The summed E-state index contributed by atoms with van der Waals surface area (Å²) in [4.78, 5) is -0.0141. The highest BCUT2D eigenvalue weighted by Crippen LogP contribution is 2.31. The van der Waals surface area contributed by atoms with Gasteiger partial charge in [-0.2, -0.15) is 0 Å². The minimum absolute atomic E-state index is 0.0141. The normalized spacial score (nSPS) is 11.6. The Morgan fingerprint density at radius 3 is 2.55 bits per heavy atom. The standard InChI is InChI=1S/C11H9Br2ClN2O3S/c12-8-3-6(14)1-2-9(8)16-20(17,18)10-4-7(5-15)19-11(10)13/h1-4,16H,5,15H2. The van der Waals surface area contributed by atoms with Crippen molar-refractivity contribution >= 4 is 59.2 Å². The maximum Gasteiger partial charge on any atom is 0.266 e. The second-order valence-electron chi connectivity index (χ2n) is 3.78. The summed E-state index contributed by atoms with van der Waals surface area (Å²) in [6.45, 7) is 0.110. The highest BCUT2D eigenvalue weighted by Gasteiger charge is 2.23. The average Bonchev–Trinajstić information content (AvgIpc) is 2.75. The number of sulfonamides is 1. The van der Waals surface area contributed by atoms with Crippen molar-refractivity contribution in [2.45, 2.75) is 11.4 Å². The molecular formula is C11H9Br2ClN2O3S. The van der Waals surface area contributed by atoms with Crippen LogP contribution in [-0.4, -0.2) is 8.42 Å². The van der Waals surface area contributed by atoms with Crippen molar-refractivity contribution in [3.05, 3.63) is 44.2 Å². The topological polar surface area (TPSA) is 85.3 Å². The lowest BCUT2D eigenvalue weighted by Crippen LogP contribution is -2.13. The molecule has 0 amide bonds. The van der Waals surface area contributed by atoms with Crippen LogP contribution in [0.4, 0.5) is 5.69 Å². The molecule has 0 atom stereocenters. The number of nitrogens with one attached hydrogen (secondary N) is 1. The number of nitrogens with two attached hydrogens (primary N) is 1. The highest BCUT2D eigenvalue weighted by atomic mass is 79.9. The fourth-order valence-electron chi connectivity index (χ4n) is 1.45. The Labute approximate surface area is 137 Å². The summed E-state index contributed by atoms with van der Waals surface area (Å²) in [5.41, 5.74) is 5.79. The average molecular weight is 445 g/mol. The number of furan rings is 1. The summed E-state index contributed by atoms with van der Waals surface area (Å²) in [6, 6.07) is 6.10. The van der Waals surface area contributed by atoms with Crippen molar-refractivity contribution in [3.63, 3.8) is 0 Å². The Hall–Kier alpha value is -0.540. The van der Waals surface area contributed by atoms with Gasteiger partial charge in [0.15, 0.2) is 4.67 Å². The van der Waals surface area contributed by atoms with Crippen molar-refractivity contribution in [1.82, 2.24) is 0 Å². The van der Waals surface area contributed by atoms with Crippen LogP contribution in [0.3, 0.4) is 0 Å². The summed E-state index contributed by atoms with van der Waals surface area (Å²) in [6.07, 6.45) is 0. The lowest BCUT2D eigenvalue weighted by atomic mass is 10.3. The molecule has 5 nitrogen and oxygen atoms in total. The molecule has 9 heteroatoms. The third kappa shape index (κ3) is 3.37. The third-order valence-corrected chi connectivity index (χ3v) is 5.49. The molecule has 0 bridgehead atoms. The molecule has 0 radical (unpaired) electrons. The molecule has 2 aromatic rings. The molecule has 0 spiro atoms. The van der Waals surface area contributed by atoms with E-state index in [0.29, 0.717) is 20.9 Å². The van der Waals surface area contributed by atoms with Crippen LogP contribution >= 0.6 is 43.5 Å². The molecule has 1 aromatic heterocycles. The van der Waals surface area contributed by atoms with Gasteiger partial charge in [0.05, 0.1) is 12.2 Å². The van der Waals surface area contributed by atoms with Gasteiger partial charge >= 0.3 is 0 Å². The fraction of sp³-hybridized carbons (Fsp3) is 0.0909. The minimum Gasteiger partial charge on any atom is -0.452 e. The number of halogens is 3. The lowest BCUT2D eigenvalue weighted by Gasteiger charge is -2.08. The number of hydrogen-bond donors (Lipinski definition) is 2. The third-order valence-electron chi connectivity index (χ3n) is 2.37. The van der Waals surface area contributed by atoms with E-state index in [4.69, 9.17) is 21.8 Å². The van der Waals surface area contributed by atoms with Crippen molar-refractivity contribution in [3.8, 4) is 0 Å². The Balaban J connectivity index is 2.38. The predicted octanol–water partition coefficient (Wildman–Crippen LogP) is 3.72. The van der Waals surface area contributed by atoms with Gasteiger partial charge in [-0.3, -0.25) is 4.72 Å². The van der Waals surface area contributed by atoms with Crippen molar-refractivity contribution in [1.29, 1.82) is 0 Å². The molecule has 0 unspecified atom stereocenters. The van der Waals surface area contributed by atoms with Crippen molar-refractivity contribution in [2.24, 2.45) is 5.73 Å². The van der Waals surface area contributed by atoms with Crippen LogP contribution in [0.5, 0.6) is 0 Å². The van der Waals surface area contributed by atoms with Crippen LogP contribution in [0.1, 0.15) is 5.76 Å². The van der Waals surface area contributed by atoms with Gasteiger partial charge in [-0.25, -0.2) is 8.42 Å². The smallest absolute Gasteiger partial charge is 0.266 e. The first-order chi connectivity index (χ1) is 9.33. The van der Waals surface area contributed by atoms with Gasteiger partial charge in [-0.05, 0) is 50.1 Å². The lowest BCUT2D eigenvalue weighted by molar-refractivity contribution is 0.484. The van der Waals surface area contributed by atoms with Crippen LogP contribution < -0.4 is 10.5 Å². The van der Waals surface area contributed by atoms with Crippen LogP contribution in [0.25, 0.3) is 0 Å². The quantitative estimate of drug-likeness (QED) is 0.753. The summed E-state index contributed by atoms with van der Waals surface area (Å²) in [5, 5.41) is 0.495. The zero-order valence-electron chi connectivity index (χ0n) is 9.86. The monoisotopic (exact) mass is 442 g/mol. The van der Waals surface area contributed by atoms with E-state index in [9.17, 15) is 8.42 Å². The summed E-state index contributed by atoms with van der Waals surface area (Å²) in [7, 11) is -3.79. The van der Waals surface area contributed by atoms with Gasteiger partial charge in [-0.15, -0.1) is 0 Å². The Morgan fingerprint density at radius 1 is 1.30 bits per heavy atom. The van der Waals surface area contributed by atoms with E-state index in [1.54, 1.807) is 18.2 Å². The molecule has 0 saturated carbocycles. The zero-order chi connectivity index (χ0) is 14.9. The van der Waals surface area contributed by atoms with Gasteiger partial charge in [0.1, 0.15) is 10.7 Å². The highest BCUT2D eigenvalue weighted by molar-refractivity contribution is 9.10. The van der Waals surface area contributed by atoms with E-state index in [1.807, 2.05) is 0 Å². The first-order valence-electron chi connectivity index (χ1n) is 5.29. The van der Waals surface area contributed by atoms with E-state index in [1.165, 1.54) is 6.07 Å². The van der Waals surface area contributed by atoms with Crippen molar-refractivity contribution < 1.29 is 12.8 Å². The molecule has 0 aliphatic heterocycles. The van der Waals surface area contributed by atoms with Gasteiger partial charge in [-0.1, -0.05) is 11.6 Å². The molecule has 3 N–H and O–H groups in total. The largest absolute Gasteiger partial charge is 0.452 e. The first kappa shape index (κ1) is 15.8. The molecule has 0 saturated heterocycles. The molecule has 0 aliphatic carbocycles. The molecule has 0 fully saturated rings. The second-order valence-corrected chi connectivity index (χ2v) is 7.45. The van der Waals surface area contributed by atoms with Gasteiger partial charge in [0.2, 0.25) is 0 Å². The number of rotatable bonds is 4. The summed E-state index contributed by atoms with van der Waals surface area (Å²) < 4.78 is 32.8. The van der Waals surface area contributed by atoms with E-state index >= 15 is 0 Å². The molecule has 1 aromatic carbocycles. The van der Waals surface area contributed by atoms with Crippen LogP contribution in [0.2, 0.25) is 5.02 Å². The Morgan fingerprint density at radius 2 is 2.00 bits per heavy atom. The van der Waals surface area contributed by atoms with Gasteiger partial charge in [0, 0.05) is 15.6 Å². The van der Waals surface area contributed by atoms with E-state index < -0.39 is 10.0 Å². The second kappa shape index (κ2) is 6.07. The SMILES string of the molecule is NCc1cc(S(=O)(=O)Nc2ccc(Cl)cc2Br)c(Br)o1. The molecule has 108 valence electrons. The maximum absolute atomic E-state index is 12.3. The Bertz CT molecular complexity index is 746. The first-order valence-corrected chi connectivity index (χ1v) is 8.74. The van der Waals surface area contributed by atoms with Crippen LogP contribution in [0, 0.1) is 0 Å². The number of hydrogen-bond acceptors (Lipinski definition) is 4. The number of anilines is 1. The predicted molar refractivity (Wildman–Crippen MR) is 84.3 cm³/mol. The fourth-order valence-corrected chi connectivity index (χ4v) is 4.45. The van der Waals surface area contributed by atoms with Crippen molar-refractivity contribution in [2.75, 3.05) is 4.72 Å². The molecule has 20 heavy (non-hydrogen) atoms. The van der Waals surface area contributed by atoms with Crippen LogP contribution in [0.15, 0.2) is 42.7 Å². The maximum atomic E-state index is 12.3. The zero-order valence-corrected chi connectivity index (χ0v) is 14.6. The van der Waals surface area contributed by atoms with Crippen LogP contribution in [-0.2, 0) is 16.6 Å². The number of benzene rings is 1. The van der Waals surface area contributed by atoms with Gasteiger partial charge < -0.3 is 10.2 Å². The molecule has 2 rings (SSSR count). The Kier molecular flexibility index (Phi) is 4.80. The van der Waals surface area contributed by atoms with E-state index in [-0.39, 0.29) is 16.1 Å². The van der Waals surface area contributed by atoms with E-state index in [2.05, 4.69) is 36.6 Å². The van der Waals surface area contributed by atoms with Gasteiger partial charge in [0.25, 0.3) is 10.0 Å². The summed E-state index contributed by atoms with van der Waals surface area (Å²) in [5.74, 6) is 0.368. The molecular weight excluding hydrogens is 435 g/mol. The minimum atomic E-state index is -3.79. The summed E-state index contributed by atoms with van der Waals surface area (Å²) >= 11 is 12.1. The van der Waals surface area contributed by atoms with E-state index in [0.717, 1.165) is 0 Å².